The minimum absolute atomic E-state index is 0.0788. The summed E-state index contributed by atoms with van der Waals surface area (Å²) in [5.74, 6) is -0.144. The molecule has 0 aliphatic heterocycles. The predicted octanol–water partition coefficient (Wildman–Crippen LogP) is 1.90. The number of nitrogens with zero attached hydrogens (tertiary/aromatic N) is 2. The average Bonchev–Trinajstić information content (AvgIpc) is 2.59. The van der Waals surface area contributed by atoms with Gasteiger partial charge in [-0.15, -0.1) is 0 Å². The van der Waals surface area contributed by atoms with Crippen LogP contribution in [0.15, 0.2) is 22.6 Å². The van der Waals surface area contributed by atoms with Gasteiger partial charge in [-0.25, -0.2) is 4.98 Å². The van der Waals surface area contributed by atoms with Crippen molar-refractivity contribution in [3.8, 4) is 6.07 Å². The second-order valence-corrected chi connectivity index (χ2v) is 2.87. The monoisotopic (exact) mass is 186 g/mol. The summed E-state index contributed by atoms with van der Waals surface area (Å²) < 4.78 is 5.16. The Morgan fingerprint density at radius 3 is 3.00 bits per heavy atom. The van der Waals surface area contributed by atoms with Crippen LogP contribution in [0.2, 0.25) is 0 Å². The van der Waals surface area contributed by atoms with E-state index in [1.54, 1.807) is 18.2 Å². The molecule has 0 aliphatic rings. The van der Waals surface area contributed by atoms with Crippen molar-refractivity contribution in [3.63, 3.8) is 0 Å². The second-order valence-electron chi connectivity index (χ2n) is 2.87. The lowest BCUT2D eigenvalue weighted by Crippen LogP contribution is -1.89. The molecule has 1 aromatic heterocycles. The first-order valence-electron chi connectivity index (χ1n) is 4.02. The third kappa shape index (κ3) is 1.25. The molecule has 4 heteroatoms. The fourth-order valence-corrected chi connectivity index (χ4v) is 1.14. The molecule has 0 radical (unpaired) electrons. The molecule has 1 aromatic carbocycles. The van der Waals surface area contributed by atoms with Crippen LogP contribution in [0.4, 0.5) is 0 Å². The number of carbonyl (C=O) groups excluding carboxylic acids is 1. The smallest absolute Gasteiger partial charge is 0.263 e. The summed E-state index contributed by atoms with van der Waals surface area (Å²) in [5.41, 5.74) is 1.55. The Morgan fingerprint density at radius 2 is 2.36 bits per heavy atom. The van der Waals surface area contributed by atoms with Crippen LogP contribution in [-0.4, -0.2) is 10.8 Å². The zero-order valence-electron chi connectivity index (χ0n) is 7.44. The Labute approximate surface area is 79.8 Å². The van der Waals surface area contributed by atoms with Gasteiger partial charge < -0.3 is 4.42 Å². The van der Waals surface area contributed by atoms with Crippen LogP contribution in [0.25, 0.3) is 11.1 Å². The third-order valence-corrected chi connectivity index (χ3v) is 1.82. The summed E-state index contributed by atoms with van der Waals surface area (Å²) in [5, 5.41) is 8.63. The zero-order valence-corrected chi connectivity index (χ0v) is 7.44. The number of aromatic nitrogens is 1. The van der Waals surface area contributed by atoms with Crippen LogP contribution < -0.4 is 0 Å². The van der Waals surface area contributed by atoms with Gasteiger partial charge in [0.2, 0.25) is 5.78 Å². The van der Waals surface area contributed by atoms with Gasteiger partial charge in [0.1, 0.15) is 5.52 Å². The van der Waals surface area contributed by atoms with Crippen LogP contribution in [0.1, 0.15) is 23.2 Å². The number of Topliss-reactive ketones (excluding diaryl/α,β-unsaturated/α-hetero) is 1. The highest BCUT2D eigenvalue weighted by Gasteiger charge is 2.09. The summed E-state index contributed by atoms with van der Waals surface area (Å²) in [6.07, 6.45) is 0. The van der Waals surface area contributed by atoms with Gasteiger partial charge in [-0.3, -0.25) is 4.79 Å². The Bertz CT molecular complexity index is 549. The molecule has 0 saturated carbocycles. The average molecular weight is 186 g/mol. The molecule has 2 rings (SSSR count). The molecule has 0 fully saturated rings. The van der Waals surface area contributed by atoms with E-state index in [0.717, 1.165) is 0 Å². The lowest BCUT2D eigenvalue weighted by molar-refractivity contribution is 0.0983. The Morgan fingerprint density at radius 1 is 1.57 bits per heavy atom. The minimum atomic E-state index is -0.222. The fraction of sp³-hybridized carbons (Fsp3) is 0.100. The summed E-state index contributed by atoms with van der Waals surface area (Å²) in [6, 6.07) is 6.84. The number of rotatable bonds is 1. The summed E-state index contributed by atoms with van der Waals surface area (Å²) in [7, 11) is 0. The van der Waals surface area contributed by atoms with E-state index in [1.165, 1.54) is 6.92 Å². The number of ketones is 1. The third-order valence-electron chi connectivity index (χ3n) is 1.82. The summed E-state index contributed by atoms with van der Waals surface area (Å²) >= 11 is 0. The minimum Gasteiger partial charge on any atom is -0.434 e. The van der Waals surface area contributed by atoms with Crippen LogP contribution in [0, 0.1) is 11.3 Å². The van der Waals surface area contributed by atoms with E-state index in [9.17, 15) is 4.79 Å². The molecular formula is C10H6N2O2. The molecule has 14 heavy (non-hydrogen) atoms. The SMILES string of the molecule is CC(=O)c1nc2ccc(C#N)cc2o1. The van der Waals surface area contributed by atoms with Crippen LogP contribution in [0.5, 0.6) is 0 Å². The molecule has 1 heterocycles. The number of oxazole rings is 1. The summed E-state index contributed by atoms with van der Waals surface area (Å²) in [6.45, 7) is 1.38. The fourth-order valence-electron chi connectivity index (χ4n) is 1.14. The number of nitriles is 1. The van der Waals surface area contributed by atoms with E-state index in [2.05, 4.69) is 4.98 Å². The first-order chi connectivity index (χ1) is 6.70. The van der Waals surface area contributed by atoms with Gasteiger partial charge in [0, 0.05) is 13.0 Å². The normalized spacial score (nSPS) is 10.0. The van der Waals surface area contributed by atoms with Crippen LogP contribution >= 0.6 is 0 Å². The topological polar surface area (TPSA) is 66.9 Å². The molecule has 0 aliphatic carbocycles. The number of fused-ring (bicyclic) bond motifs is 1. The van der Waals surface area contributed by atoms with Crippen molar-refractivity contribution in [1.82, 2.24) is 4.98 Å². The van der Waals surface area contributed by atoms with Gasteiger partial charge in [0.15, 0.2) is 5.58 Å². The van der Waals surface area contributed by atoms with E-state index < -0.39 is 0 Å². The van der Waals surface area contributed by atoms with Crippen molar-refractivity contribution in [2.75, 3.05) is 0 Å². The molecule has 68 valence electrons. The molecule has 0 N–H and O–H groups in total. The van der Waals surface area contributed by atoms with E-state index in [4.69, 9.17) is 9.68 Å². The molecule has 0 atom stereocenters. The van der Waals surface area contributed by atoms with Gasteiger partial charge in [-0.1, -0.05) is 0 Å². The van der Waals surface area contributed by atoms with Gasteiger partial charge in [-0.2, -0.15) is 5.26 Å². The maximum absolute atomic E-state index is 10.9. The first-order valence-corrected chi connectivity index (χ1v) is 4.02. The highest BCUT2D eigenvalue weighted by molar-refractivity contribution is 5.92. The van der Waals surface area contributed by atoms with Gasteiger partial charge in [-0.05, 0) is 12.1 Å². The molecule has 0 amide bonds. The van der Waals surface area contributed by atoms with Crippen molar-refractivity contribution >= 4 is 16.9 Å². The van der Waals surface area contributed by atoms with Crippen LogP contribution in [-0.2, 0) is 0 Å². The Balaban J connectivity index is 2.67. The number of hydrogen-bond acceptors (Lipinski definition) is 4. The van der Waals surface area contributed by atoms with Crippen LogP contribution in [0.3, 0.4) is 0 Å². The molecule has 0 spiro atoms. The predicted molar refractivity (Wildman–Crippen MR) is 48.7 cm³/mol. The van der Waals surface area contributed by atoms with Crippen molar-refractivity contribution in [3.05, 3.63) is 29.7 Å². The lowest BCUT2D eigenvalue weighted by atomic mass is 10.2. The largest absolute Gasteiger partial charge is 0.434 e. The van der Waals surface area contributed by atoms with Crippen molar-refractivity contribution < 1.29 is 9.21 Å². The standard InChI is InChI=1S/C10H6N2O2/c1-6(13)10-12-8-3-2-7(5-11)4-9(8)14-10/h2-4H,1H3. The molecule has 0 unspecified atom stereocenters. The maximum atomic E-state index is 10.9. The number of benzene rings is 1. The van der Waals surface area contributed by atoms with E-state index >= 15 is 0 Å². The highest BCUT2D eigenvalue weighted by atomic mass is 16.4. The molecule has 4 nitrogen and oxygen atoms in total. The Hall–Kier alpha value is -2.15. The molecule has 0 bridgehead atoms. The van der Waals surface area contributed by atoms with E-state index in [0.29, 0.717) is 16.7 Å². The van der Waals surface area contributed by atoms with E-state index in [1.807, 2.05) is 6.07 Å². The lowest BCUT2D eigenvalue weighted by Gasteiger charge is -1.85. The first kappa shape index (κ1) is 8.45. The van der Waals surface area contributed by atoms with Crippen molar-refractivity contribution in [1.29, 1.82) is 5.26 Å². The molecular weight excluding hydrogens is 180 g/mol. The quantitative estimate of drug-likeness (QED) is 0.638. The summed E-state index contributed by atoms with van der Waals surface area (Å²) in [4.78, 5) is 14.9. The molecule has 2 aromatic rings. The number of hydrogen-bond donors (Lipinski definition) is 0. The van der Waals surface area contributed by atoms with Gasteiger partial charge in [0.05, 0.1) is 11.6 Å². The van der Waals surface area contributed by atoms with Crippen molar-refractivity contribution in [2.24, 2.45) is 0 Å². The molecule has 0 saturated heterocycles. The van der Waals surface area contributed by atoms with Gasteiger partial charge in [0.25, 0.3) is 5.89 Å². The maximum Gasteiger partial charge on any atom is 0.263 e. The van der Waals surface area contributed by atoms with Gasteiger partial charge >= 0.3 is 0 Å². The highest BCUT2D eigenvalue weighted by Crippen LogP contribution is 2.17. The van der Waals surface area contributed by atoms with E-state index in [-0.39, 0.29) is 11.7 Å². The Kier molecular flexibility index (Phi) is 1.79. The number of carbonyl (C=O) groups is 1. The second kappa shape index (κ2) is 2.96. The zero-order chi connectivity index (χ0) is 10.1. The van der Waals surface area contributed by atoms with Crippen molar-refractivity contribution in [2.45, 2.75) is 6.92 Å².